The number of hydrogen-bond donors (Lipinski definition) is 1. The Morgan fingerprint density at radius 1 is 1.27 bits per heavy atom. The fourth-order valence-electron chi connectivity index (χ4n) is 1.83. The highest BCUT2D eigenvalue weighted by Crippen LogP contribution is 2.14. The van der Waals surface area contributed by atoms with E-state index >= 15 is 0 Å². The molecule has 1 aromatic carbocycles. The molecular weight excluding hydrogens is 284 g/mol. The number of carbonyl (C=O) groups is 2. The van der Waals surface area contributed by atoms with Crippen LogP contribution in [-0.4, -0.2) is 29.8 Å². The molecule has 0 aromatic heterocycles. The molecule has 0 radical (unpaired) electrons. The minimum Gasteiger partial charge on any atom is -0.490 e. The van der Waals surface area contributed by atoms with E-state index in [9.17, 15) is 9.59 Å². The summed E-state index contributed by atoms with van der Waals surface area (Å²) >= 11 is 0. The Morgan fingerprint density at radius 2 is 1.95 bits per heavy atom. The Kier molecular flexibility index (Phi) is 7.75. The van der Waals surface area contributed by atoms with Crippen LogP contribution in [0, 0.1) is 0 Å². The van der Waals surface area contributed by atoms with Gasteiger partial charge in [-0.3, -0.25) is 0 Å². The number of carboxylic acid groups (broad SMARTS) is 1. The number of rotatable bonds is 9. The third kappa shape index (κ3) is 6.43. The number of benzene rings is 1. The van der Waals surface area contributed by atoms with E-state index in [0.29, 0.717) is 5.75 Å². The minimum atomic E-state index is -0.979. The molecule has 0 bridgehead atoms. The number of esters is 1. The lowest BCUT2D eigenvalue weighted by molar-refractivity contribution is -0.144. The van der Waals surface area contributed by atoms with Crippen molar-refractivity contribution in [1.29, 1.82) is 0 Å². The molecular formula is C17H22O5. The molecule has 0 aliphatic heterocycles. The fraction of sp³-hybridized carbons (Fsp3) is 0.412. The van der Waals surface area contributed by atoms with Gasteiger partial charge in [0.1, 0.15) is 18.5 Å². The van der Waals surface area contributed by atoms with Gasteiger partial charge in [0.2, 0.25) is 0 Å². The molecule has 0 fully saturated rings. The molecule has 1 rings (SSSR count). The van der Waals surface area contributed by atoms with Gasteiger partial charge >= 0.3 is 11.9 Å². The van der Waals surface area contributed by atoms with Crippen LogP contribution in [-0.2, 0) is 9.53 Å². The van der Waals surface area contributed by atoms with Crippen LogP contribution in [0.1, 0.15) is 43.5 Å². The van der Waals surface area contributed by atoms with Crippen LogP contribution in [0.25, 0.3) is 0 Å². The van der Waals surface area contributed by atoms with Gasteiger partial charge in [0.15, 0.2) is 0 Å². The van der Waals surface area contributed by atoms with Crippen molar-refractivity contribution in [3.63, 3.8) is 0 Å². The van der Waals surface area contributed by atoms with Gasteiger partial charge in [-0.15, -0.1) is 0 Å². The lowest BCUT2D eigenvalue weighted by Crippen LogP contribution is -2.24. The van der Waals surface area contributed by atoms with E-state index in [2.05, 4.69) is 6.92 Å². The first-order chi connectivity index (χ1) is 10.6. The smallest absolute Gasteiger partial charge is 0.335 e. The van der Waals surface area contributed by atoms with Crippen LogP contribution < -0.4 is 4.74 Å². The largest absolute Gasteiger partial charge is 0.490 e. The SMILES string of the molecule is CC=CC(=O)OC(CCCC)COc1ccc(C(=O)O)cc1. The molecule has 5 heteroatoms. The van der Waals surface area contributed by atoms with Crippen molar-refractivity contribution in [2.45, 2.75) is 39.2 Å². The van der Waals surface area contributed by atoms with E-state index < -0.39 is 5.97 Å². The zero-order valence-electron chi connectivity index (χ0n) is 13.0. The van der Waals surface area contributed by atoms with Gasteiger partial charge in [-0.1, -0.05) is 19.4 Å². The normalized spacial score (nSPS) is 12.1. The molecule has 22 heavy (non-hydrogen) atoms. The van der Waals surface area contributed by atoms with E-state index in [4.69, 9.17) is 14.6 Å². The number of allylic oxidation sites excluding steroid dienone is 1. The highest BCUT2D eigenvalue weighted by Gasteiger charge is 2.13. The summed E-state index contributed by atoms with van der Waals surface area (Å²) in [6, 6.07) is 6.14. The van der Waals surface area contributed by atoms with E-state index in [1.807, 2.05) is 0 Å². The maximum atomic E-state index is 11.5. The second-order valence-electron chi connectivity index (χ2n) is 4.84. The third-order valence-electron chi connectivity index (χ3n) is 3.00. The maximum Gasteiger partial charge on any atom is 0.335 e. The van der Waals surface area contributed by atoms with E-state index in [1.54, 1.807) is 25.1 Å². The van der Waals surface area contributed by atoms with Crippen molar-refractivity contribution in [3.05, 3.63) is 42.0 Å². The van der Waals surface area contributed by atoms with Crippen LogP contribution in [0.4, 0.5) is 0 Å². The summed E-state index contributed by atoms with van der Waals surface area (Å²) < 4.78 is 10.9. The first-order valence-corrected chi connectivity index (χ1v) is 7.36. The number of hydrogen-bond acceptors (Lipinski definition) is 4. The molecule has 120 valence electrons. The molecule has 0 aliphatic carbocycles. The molecule has 0 spiro atoms. The molecule has 0 saturated carbocycles. The van der Waals surface area contributed by atoms with Crippen molar-refractivity contribution >= 4 is 11.9 Å². The fourth-order valence-corrected chi connectivity index (χ4v) is 1.83. The predicted octanol–water partition coefficient (Wildman–Crippen LogP) is 3.44. The zero-order chi connectivity index (χ0) is 16.4. The molecule has 1 atom stereocenters. The number of ether oxygens (including phenoxy) is 2. The molecule has 0 saturated heterocycles. The number of aromatic carboxylic acids is 1. The average Bonchev–Trinajstić information content (AvgIpc) is 2.50. The summed E-state index contributed by atoms with van der Waals surface area (Å²) in [5.41, 5.74) is 0.203. The highest BCUT2D eigenvalue weighted by molar-refractivity contribution is 5.87. The molecule has 1 unspecified atom stereocenters. The Balaban J connectivity index is 2.57. The summed E-state index contributed by atoms with van der Waals surface area (Å²) in [6.07, 6.45) is 5.36. The summed E-state index contributed by atoms with van der Waals surface area (Å²) in [5.74, 6) is -0.810. The third-order valence-corrected chi connectivity index (χ3v) is 3.00. The van der Waals surface area contributed by atoms with E-state index in [0.717, 1.165) is 19.3 Å². The van der Waals surface area contributed by atoms with Gasteiger partial charge in [-0.2, -0.15) is 0 Å². The topological polar surface area (TPSA) is 72.8 Å². The van der Waals surface area contributed by atoms with Crippen molar-refractivity contribution in [2.24, 2.45) is 0 Å². The molecule has 0 heterocycles. The van der Waals surface area contributed by atoms with Gasteiger partial charge < -0.3 is 14.6 Å². The van der Waals surface area contributed by atoms with Gasteiger partial charge in [-0.05, 0) is 44.0 Å². The van der Waals surface area contributed by atoms with Gasteiger partial charge in [0.05, 0.1) is 5.56 Å². The average molecular weight is 306 g/mol. The second kappa shape index (κ2) is 9.60. The Labute approximate surface area is 130 Å². The summed E-state index contributed by atoms with van der Waals surface area (Å²) in [6.45, 7) is 4.06. The molecule has 0 amide bonds. The van der Waals surface area contributed by atoms with Crippen LogP contribution in [0.3, 0.4) is 0 Å². The first-order valence-electron chi connectivity index (χ1n) is 7.36. The van der Waals surface area contributed by atoms with Crippen LogP contribution in [0.5, 0.6) is 5.75 Å². The van der Waals surface area contributed by atoms with Gasteiger partial charge in [-0.25, -0.2) is 9.59 Å². The van der Waals surface area contributed by atoms with Crippen molar-refractivity contribution in [1.82, 2.24) is 0 Å². The van der Waals surface area contributed by atoms with Crippen molar-refractivity contribution in [3.8, 4) is 5.75 Å². The lowest BCUT2D eigenvalue weighted by Gasteiger charge is -2.17. The van der Waals surface area contributed by atoms with Crippen LogP contribution in [0.15, 0.2) is 36.4 Å². The van der Waals surface area contributed by atoms with E-state index in [-0.39, 0.29) is 24.2 Å². The zero-order valence-corrected chi connectivity index (χ0v) is 13.0. The van der Waals surface area contributed by atoms with Gasteiger partial charge in [0.25, 0.3) is 0 Å². The van der Waals surface area contributed by atoms with Crippen molar-refractivity contribution in [2.75, 3.05) is 6.61 Å². The minimum absolute atomic E-state index is 0.203. The second-order valence-corrected chi connectivity index (χ2v) is 4.84. The lowest BCUT2D eigenvalue weighted by atomic mass is 10.1. The van der Waals surface area contributed by atoms with Crippen LogP contribution in [0.2, 0.25) is 0 Å². The van der Waals surface area contributed by atoms with E-state index in [1.165, 1.54) is 18.2 Å². The standard InChI is InChI=1S/C17H22O5/c1-3-5-7-15(22-16(18)6-4-2)12-21-14-10-8-13(9-11-14)17(19)20/h4,6,8-11,15H,3,5,7,12H2,1-2H3,(H,19,20). The van der Waals surface area contributed by atoms with Crippen molar-refractivity contribution < 1.29 is 24.2 Å². The first kappa shape index (κ1) is 17.8. The number of carbonyl (C=O) groups excluding carboxylic acids is 1. The quantitative estimate of drug-likeness (QED) is 0.559. The van der Waals surface area contributed by atoms with Crippen LogP contribution >= 0.6 is 0 Å². The Hall–Kier alpha value is -2.30. The Bertz CT molecular complexity index is 504. The number of carboxylic acids is 1. The highest BCUT2D eigenvalue weighted by atomic mass is 16.6. The van der Waals surface area contributed by atoms with Gasteiger partial charge in [0, 0.05) is 6.08 Å². The molecule has 1 aromatic rings. The predicted molar refractivity (Wildman–Crippen MR) is 83.1 cm³/mol. The monoisotopic (exact) mass is 306 g/mol. The summed E-state index contributed by atoms with van der Waals surface area (Å²) in [7, 11) is 0. The summed E-state index contributed by atoms with van der Waals surface area (Å²) in [5, 5.41) is 8.84. The number of unbranched alkanes of at least 4 members (excludes halogenated alkanes) is 1. The molecule has 5 nitrogen and oxygen atoms in total. The molecule has 1 N–H and O–H groups in total. The molecule has 0 aliphatic rings. The maximum absolute atomic E-state index is 11.5. The Morgan fingerprint density at radius 3 is 2.50 bits per heavy atom. The summed E-state index contributed by atoms with van der Waals surface area (Å²) in [4.78, 5) is 22.3.